The molecule has 0 atom stereocenters. The van der Waals surface area contributed by atoms with Crippen LogP contribution in [0.15, 0.2) is 18.5 Å². The molecule has 1 rings (SSSR count). The maximum atomic E-state index is 3.57. The highest BCUT2D eigenvalue weighted by molar-refractivity contribution is 4.83. The molecule has 0 saturated carbocycles. The van der Waals surface area contributed by atoms with E-state index in [1.165, 1.54) is 0 Å². The predicted molar refractivity (Wildman–Crippen MR) is 52.0 cm³/mol. The lowest BCUT2D eigenvalue weighted by Gasteiger charge is -2.35. The molecule has 0 aromatic rings. The molecule has 0 unspecified atom stereocenters. The molecule has 0 N–H and O–H groups in total. The first kappa shape index (κ1) is 9.37. The van der Waals surface area contributed by atoms with Crippen molar-refractivity contribution in [1.82, 2.24) is 9.80 Å². The molecule has 0 radical (unpaired) electrons. The third kappa shape index (κ3) is 2.40. The standard InChI is InChI=1S/C10H18N2/c1-4-5-11-6-8-12(9-7-11)10(2)3/h5,10H,1,6-9H2,2-3H3. The van der Waals surface area contributed by atoms with E-state index in [9.17, 15) is 0 Å². The van der Waals surface area contributed by atoms with E-state index < -0.39 is 0 Å². The van der Waals surface area contributed by atoms with Crippen LogP contribution in [-0.2, 0) is 0 Å². The van der Waals surface area contributed by atoms with Gasteiger partial charge in [-0.25, -0.2) is 0 Å². The van der Waals surface area contributed by atoms with Crippen LogP contribution >= 0.6 is 0 Å². The van der Waals surface area contributed by atoms with Gasteiger partial charge in [0.1, 0.15) is 0 Å². The Labute approximate surface area is 75.2 Å². The molecule has 0 bridgehead atoms. The van der Waals surface area contributed by atoms with Crippen LogP contribution in [0.1, 0.15) is 13.8 Å². The van der Waals surface area contributed by atoms with Crippen LogP contribution in [0.3, 0.4) is 0 Å². The van der Waals surface area contributed by atoms with Crippen molar-refractivity contribution in [2.75, 3.05) is 26.2 Å². The van der Waals surface area contributed by atoms with Crippen LogP contribution in [0.25, 0.3) is 0 Å². The van der Waals surface area contributed by atoms with E-state index in [1.54, 1.807) is 0 Å². The lowest BCUT2D eigenvalue weighted by molar-refractivity contribution is 0.138. The Morgan fingerprint density at radius 2 is 1.83 bits per heavy atom. The van der Waals surface area contributed by atoms with Crippen molar-refractivity contribution in [3.05, 3.63) is 18.5 Å². The molecule has 1 fully saturated rings. The Kier molecular flexibility index (Phi) is 3.39. The van der Waals surface area contributed by atoms with E-state index in [1.807, 2.05) is 6.20 Å². The van der Waals surface area contributed by atoms with Crippen molar-refractivity contribution in [2.24, 2.45) is 0 Å². The summed E-state index contributed by atoms with van der Waals surface area (Å²) in [6, 6.07) is 0.680. The zero-order chi connectivity index (χ0) is 8.97. The summed E-state index contributed by atoms with van der Waals surface area (Å²) in [5.74, 6) is 0. The third-order valence-corrected chi connectivity index (χ3v) is 2.35. The van der Waals surface area contributed by atoms with E-state index in [4.69, 9.17) is 0 Å². The summed E-state index contributed by atoms with van der Waals surface area (Å²) in [4.78, 5) is 4.76. The first-order valence-electron chi connectivity index (χ1n) is 4.58. The van der Waals surface area contributed by atoms with Crippen molar-refractivity contribution in [3.63, 3.8) is 0 Å². The average molecular weight is 166 g/mol. The van der Waals surface area contributed by atoms with Crippen LogP contribution in [0.5, 0.6) is 0 Å². The zero-order valence-corrected chi connectivity index (χ0v) is 8.08. The SMILES string of the molecule is C=C=CN1CCN(C(C)C)CC1. The molecule has 1 aliphatic rings. The van der Waals surface area contributed by atoms with Crippen molar-refractivity contribution >= 4 is 0 Å². The van der Waals surface area contributed by atoms with Crippen molar-refractivity contribution in [1.29, 1.82) is 0 Å². The van der Waals surface area contributed by atoms with E-state index in [0.29, 0.717) is 6.04 Å². The van der Waals surface area contributed by atoms with Gasteiger partial charge in [-0.05, 0) is 13.8 Å². The Bertz CT molecular complexity index is 172. The van der Waals surface area contributed by atoms with Gasteiger partial charge in [-0.1, -0.05) is 6.58 Å². The molecular weight excluding hydrogens is 148 g/mol. The fourth-order valence-corrected chi connectivity index (χ4v) is 1.51. The van der Waals surface area contributed by atoms with Gasteiger partial charge in [0.25, 0.3) is 0 Å². The second-order valence-corrected chi connectivity index (χ2v) is 3.50. The summed E-state index contributed by atoms with van der Waals surface area (Å²) < 4.78 is 0. The normalized spacial score (nSPS) is 19.4. The average Bonchev–Trinajstić information content (AvgIpc) is 2.06. The molecule has 0 aromatic heterocycles. The first-order chi connectivity index (χ1) is 5.74. The fourth-order valence-electron chi connectivity index (χ4n) is 1.51. The van der Waals surface area contributed by atoms with E-state index in [-0.39, 0.29) is 0 Å². The Hall–Kier alpha value is -0.720. The van der Waals surface area contributed by atoms with Crippen LogP contribution in [0, 0.1) is 0 Å². The molecule has 0 spiro atoms. The summed E-state index contributed by atoms with van der Waals surface area (Å²) >= 11 is 0. The topological polar surface area (TPSA) is 6.48 Å². The molecule has 2 nitrogen and oxygen atoms in total. The minimum Gasteiger partial charge on any atom is -0.369 e. The fraction of sp³-hybridized carbons (Fsp3) is 0.700. The largest absolute Gasteiger partial charge is 0.369 e. The molecule has 1 aliphatic heterocycles. The van der Waals surface area contributed by atoms with Gasteiger partial charge in [0.15, 0.2) is 0 Å². The zero-order valence-electron chi connectivity index (χ0n) is 8.08. The van der Waals surface area contributed by atoms with Gasteiger partial charge in [0.2, 0.25) is 0 Å². The summed E-state index contributed by atoms with van der Waals surface area (Å²) in [7, 11) is 0. The minimum absolute atomic E-state index is 0.680. The highest BCUT2D eigenvalue weighted by Gasteiger charge is 2.15. The second-order valence-electron chi connectivity index (χ2n) is 3.50. The summed E-state index contributed by atoms with van der Waals surface area (Å²) in [5.41, 5.74) is 2.81. The minimum atomic E-state index is 0.680. The lowest BCUT2D eigenvalue weighted by Crippen LogP contribution is -2.46. The summed E-state index contributed by atoms with van der Waals surface area (Å²) in [6.07, 6.45) is 1.96. The van der Waals surface area contributed by atoms with Gasteiger partial charge < -0.3 is 4.90 Å². The lowest BCUT2D eigenvalue weighted by atomic mass is 10.2. The number of hydrogen-bond acceptors (Lipinski definition) is 2. The van der Waals surface area contributed by atoms with Crippen molar-refractivity contribution in [2.45, 2.75) is 19.9 Å². The summed E-state index contributed by atoms with van der Waals surface area (Å²) in [6.45, 7) is 12.6. The molecular formula is C10H18N2. The van der Waals surface area contributed by atoms with Crippen LogP contribution in [0.4, 0.5) is 0 Å². The third-order valence-electron chi connectivity index (χ3n) is 2.35. The monoisotopic (exact) mass is 166 g/mol. The van der Waals surface area contributed by atoms with Crippen LogP contribution < -0.4 is 0 Å². The van der Waals surface area contributed by atoms with Crippen molar-refractivity contribution < 1.29 is 0 Å². The molecule has 0 amide bonds. The van der Waals surface area contributed by atoms with Gasteiger partial charge >= 0.3 is 0 Å². The number of nitrogens with zero attached hydrogens (tertiary/aromatic N) is 2. The van der Waals surface area contributed by atoms with Crippen LogP contribution in [-0.4, -0.2) is 42.0 Å². The molecule has 0 aliphatic carbocycles. The number of rotatable bonds is 2. The molecule has 1 saturated heterocycles. The maximum Gasteiger partial charge on any atom is 0.0418 e. The van der Waals surface area contributed by atoms with E-state index in [2.05, 4.69) is 36.0 Å². The van der Waals surface area contributed by atoms with Gasteiger partial charge in [0, 0.05) is 38.4 Å². The van der Waals surface area contributed by atoms with E-state index in [0.717, 1.165) is 26.2 Å². The maximum absolute atomic E-state index is 3.57. The quantitative estimate of drug-likeness (QED) is 0.571. The Morgan fingerprint density at radius 3 is 2.25 bits per heavy atom. The second kappa shape index (κ2) is 4.34. The Morgan fingerprint density at radius 1 is 1.25 bits per heavy atom. The summed E-state index contributed by atoms with van der Waals surface area (Å²) in [5, 5.41) is 0. The molecule has 12 heavy (non-hydrogen) atoms. The highest BCUT2D eigenvalue weighted by atomic mass is 15.3. The van der Waals surface area contributed by atoms with Gasteiger partial charge in [-0.15, -0.1) is 5.73 Å². The number of hydrogen-bond donors (Lipinski definition) is 0. The first-order valence-corrected chi connectivity index (χ1v) is 4.58. The van der Waals surface area contributed by atoms with Crippen LogP contribution in [0.2, 0.25) is 0 Å². The van der Waals surface area contributed by atoms with Gasteiger partial charge in [0.05, 0.1) is 0 Å². The molecule has 0 aromatic carbocycles. The molecule has 1 heterocycles. The molecule has 2 heteroatoms. The number of piperazine rings is 1. The smallest absolute Gasteiger partial charge is 0.0418 e. The van der Waals surface area contributed by atoms with Gasteiger partial charge in [-0.3, -0.25) is 4.90 Å². The predicted octanol–water partition coefficient (Wildman–Crippen LogP) is 1.31. The van der Waals surface area contributed by atoms with E-state index >= 15 is 0 Å². The van der Waals surface area contributed by atoms with Crippen molar-refractivity contribution in [3.8, 4) is 0 Å². The Balaban J connectivity index is 2.34. The van der Waals surface area contributed by atoms with Gasteiger partial charge in [-0.2, -0.15) is 0 Å². The molecule has 68 valence electrons. The highest BCUT2D eigenvalue weighted by Crippen LogP contribution is 2.05.